The van der Waals surface area contributed by atoms with E-state index in [1.165, 1.54) is 128 Å². The van der Waals surface area contributed by atoms with Crippen LogP contribution in [-0.2, 0) is 0 Å². The van der Waals surface area contributed by atoms with Gasteiger partial charge in [-0.05, 0) is 51.5 Å². The average molecular weight is 565 g/mol. The van der Waals surface area contributed by atoms with Crippen molar-refractivity contribution in [3.63, 3.8) is 0 Å². The molecule has 41 heavy (non-hydrogen) atoms. The van der Waals surface area contributed by atoms with E-state index >= 15 is 0 Å². The third-order valence-electron chi connectivity index (χ3n) is 8.77. The Balaban J connectivity index is 1.35. The van der Waals surface area contributed by atoms with Crippen molar-refractivity contribution < 1.29 is 14.7 Å². The van der Waals surface area contributed by atoms with E-state index in [1.54, 1.807) is 19.1 Å². The van der Waals surface area contributed by atoms with Crippen LogP contribution in [-0.4, -0.2) is 16.7 Å². The Morgan fingerprint density at radius 1 is 0.585 bits per heavy atom. The highest BCUT2D eigenvalue weighted by molar-refractivity contribution is 6.27. The number of aromatic hydroxyl groups is 1. The summed E-state index contributed by atoms with van der Waals surface area (Å²) in [5.41, 5.74) is 1.65. The van der Waals surface area contributed by atoms with E-state index in [0.717, 1.165) is 25.7 Å². The lowest BCUT2D eigenvalue weighted by atomic mass is 9.82. The van der Waals surface area contributed by atoms with E-state index in [4.69, 9.17) is 0 Å². The maximum atomic E-state index is 12.9. The summed E-state index contributed by atoms with van der Waals surface area (Å²) in [6.07, 6.45) is 36.0. The van der Waals surface area contributed by atoms with E-state index in [-0.39, 0.29) is 22.9 Å². The van der Waals surface area contributed by atoms with Crippen LogP contribution in [0.25, 0.3) is 0 Å². The zero-order valence-electron chi connectivity index (χ0n) is 26.6. The fourth-order valence-electron chi connectivity index (χ4n) is 6.07. The molecule has 0 saturated carbocycles. The average Bonchev–Trinajstić information content (AvgIpc) is 2.97. The van der Waals surface area contributed by atoms with Gasteiger partial charge in [-0.25, -0.2) is 0 Å². The summed E-state index contributed by atoms with van der Waals surface area (Å²) in [7, 11) is 0. The standard InChI is InChI=1S/C38H60O3/c1-3-4-5-6-7-8-9-10-11-12-13-14-15-16-17-18-19-20-21-22-23-24-25-26-27-29-33-32(2)37(40)34-30-28-31-35(39)36(34)38(33)41/h20-21,28,30-31,39H,3-19,22-27,29H2,1-2H3/b21-20+. The van der Waals surface area contributed by atoms with Crippen LogP contribution in [0.5, 0.6) is 5.75 Å². The van der Waals surface area contributed by atoms with Gasteiger partial charge in [0.1, 0.15) is 5.75 Å². The van der Waals surface area contributed by atoms with Crippen molar-refractivity contribution >= 4 is 11.6 Å². The molecule has 1 N–H and O–H groups in total. The number of hydrogen-bond donors (Lipinski definition) is 1. The highest BCUT2D eigenvalue weighted by Crippen LogP contribution is 2.33. The lowest BCUT2D eigenvalue weighted by Crippen LogP contribution is -2.21. The fourth-order valence-corrected chi connectivity index (χ4v) is 6.07. The lowest BCUT2D eigenvalue weighted by Gasteiger charge is -2.19. The second-order valence-corrected chi connectivity index (χ2v) is 12.3. The molecule has 3 nitrogen and oxygen atoms in total. The molecule has 0 aliphatic heterocycles. The maximum Gasteiger partial charge on any atom is 0.193 e. The second-order valence-electron chi connectivity index (χ2n) is 12.3. The summed E-state index contributed by atoms with van der Waals surface area (Å²) in [5.74, 6) is -0.393. The minimum atomic E-state index is -0.176. The van der Waals surface area contributed by atoms with Crippen LogP contribution in [0.3, 0.4) is 0 Å². The normalized spacial score (nSPS) is 13.5. The number of carbonyl (C=O) groups is 2. The van der Waals surface area contributed by atoms with Crippen LogP contribution in [0.15, 0.2) is 41.5 Å². The number of ketones is 2. The van der Waals surface area contributed by atoms with E-state index < -0.39 is 0 Å². The summed E-state index contributed by atoms with van der Waals surface area (Å²) >= 11 is 0. The molecule has 2 rings (SSSR count). The molecule has 1 aliphatic rings. The third-order valence-corrected chi connectivity index (χ3v) is 8.77. The predicted molar refractivity (Wildman–Crippen MR) is 175 cm³/mol. The zero-order chi connectivity index (χ0) is 29.5. The molecule has 0 spiro atoms. The van der Waals surface area contributed by atoms with Gasteiger partial charge in [0.2, 0.25) is 0 Å². The van der Waals surface area contributed by atoms with Crippen molar-refractivity contribution in [3.05, 3.63) is 52.6 Å². The first-order valence-electron chi connectivity index (χ1n) is 17.3. The smallest absolute Gasteiger partial charge is 0.193 e. The van der Waals surface area contributed by atoms with Gasteiger partial charge in [0.25, 0.3) is 0 Å². The Labute approximate surface area is 252 Å². The molecule has 1 aromatic rings. The van der Waals surface area contributed by atoms with Gasteiger partial charge in [0, 0.05) is 16.7 Å². The van der Waals surface area contributed by atoms with E-state index in [1.807, 2.05) is 0 Å². The molecule has 0 saturated heterocycles. The molecule has 0 atom stereocenters. The Morgan fingerprint density at radius 3 is 1.51 bits per heavy atom. The molecule has 1 aliphatic carbocycles. The summed E-state index contributed by atoms with van der Waals surface area (Å²) < 4.78 is 0. The highest BCUT2D eigenvalue weighted by atomic mass is 16.3. The van der Waals surface area contributed by atoms with E-state index in [9.17, 15) is 14.7 Å². The van der Waals surface area contributed by atoms with Crippen molar-refractivity contribution in [1.29, 1.82) is 0 Å². The summed E-state index contributed by atoms with van der Waals surface area (Å²) in [6, 6.07) is 4.73. The number of hydrogen-bond acceptors (Lipinski definition) is 3. The van der Waals surface area contributed by atoms with Crippen molar-refractivity contribution in [1.82, 2.24) is 0 Å². The topological polar surface area (TPSA) is 54.4 Å². The zero-order valence-corrected chi connectivity index (χ0v) is 26.6. The number of unbranched alkanes of at least 4 members (excludes halogenated alkanes) is 21. The first kappa shape index (κ1) is 35.0. The van der Waals surface area contributed by atoms with Gasteiger partial charge in [-0.3, -0.25) is 9.59 Å². The molecule has 1 aromatic carbocycles. The monoisotopic (exact) mass is 564 g/mol. The van der Waals surface area contributed by atoms with E-state index in [2.05, 4.69) is 19.1 Å². The van der Waals surface area contributed by atoms with Crippen molar-refractivity contribution in [2.75, 3.05) is 0 Å². The van der Waals surface area contributed by atoms with Crippen molar-refractivity contribution in [2.45, 2.75) is 168 Å². The van der Waals surface area contributed by atoms with Crippen LogP contribution in [0, 0.1) is 0 Å². The molecule has 0 bridgehead atoms. The van der Waals surface area contributed by atoms with Gasteiger partial charge in [0.15, 0.2) is 11.6 Å². The Kier molecular flexibility index (Phi) is 19.2. The SMILES string of the molecule is CCCCCCCCCCCCCCCCCC/C=C/CCCCCCCC1=C(C)C(=O)c2cccc(O)c2C1=O. The van der Waals surface area contributed by atoms with E-state index in [0.29, 0.717) is 23.1 Å². The molecule has 0 heterocycles. The predicted octanol–water partition coefficient (Wildman–Crippen LogP) is 12.0. The number of fused-ring (bicyclic) bond motifs is 1. The highest BCUT2D eigenvalue weighted by Gasteiger charge is 2.31. The van der Waals surface area contributed by atoms with Gasteiger partial charge in [-0.2, -0.15) is 0 Å². The van der Waals surface area contributed by atoms with Crippen molar-refractivity contribution in [2.24, 2.45) is 0 Å². The summed E-state index contributed by atoms with van der Waals surface area (Å²) in [4.78, 5) is 25.5. The largest absolute Gasteiger partial charge is 0.507 e. The van der Waals surface area contributed by atoms with Gasteiger partial charge >= 0.3 is 0 Å². The van der Waals surface area contributed by atoms with Crippen LogP contribution >= 0.6 is 0 Å². The molecule has 230 valence electrons. The van der Waals surface area contributed by atoms with Crippen LogP contribution in [0.4, 0.5) is 0 Å². The Hall–Kier alpha value is -2.16. The van der Waals surface area contributed by atoms with Crippen LogP contribution in [0.2, 0.25) is 0 Å². The third kappa shape index (κ3) is 14.0. The first-order chi connectivity index (χ1) is 20.1. The second kappa shape index (κ2) is 22.4. The maximum absolute atomic E-state index is 12.9. The van der Waals surface area contributed by atoms with Crippen molar-refractivity contribution in [3.8, 4) is 5.75 Å². The lowest BCUT2D eigenvalue weighted by molar-refractivity contribution is 0.0969. The number of allylic oxidation sites excluding steroid dienone is 4. The molecule has 3 heteroatoms. The minimum Gasteiger partial charge on any atom is -0.507 e. The van der Waals surface area contributed by atoms with Gasteiger partial charge in [0.05, 0.1) is 5.56 Å². The fraction of sp³-hybridized carbons (Fsp3) is 0.684. The number of rotatable bonds is 25. The Bertz CT molecular complexity index is 939. The minimum absolute atomic E-state index is 0.0892. The number of carbonyl (C=O) groups excluding carboxylic acids is 2. The first-order valence-corrected chi connectivity index (χ1v) is 17.3. The molecule has 0 radical (unpaired) electrons. The van der Waals surface area contributed by atoms with Crippen LogP contribution in [0.1, 0.15) is 189 Å². The molecular weight excluding hydrogens is 504 g/mol. The number of benzene rings is 1. The Morgan fingerprint density at radius 2 is 1.02 bits per heavy atom. The number of Topliss-reactive ketones (excluding diaryl/α,β-unsaturated/α-hetero) is 2. The molecule has 0 fully saturated rings. The molecule has 0 aromatic heterocycles. The van der Waals surface area contributed by atoms with Gasteiger partial charge in [-0.15, -0.1) is 0 Å². The number of phenols is 1. The quantitative estimate of drug-likeness (QED) is 0.0949. The molecule has 0 unspecified atom stereocenters. The molecule has 0 amide bonds. The summed E-state index contributed by atoms with van der Waals surface area (Å²) in [5, 5.41) is 10.1. The van der Waals surface area contributed by atoms with Gasteiger partial charge < -0.3 is 5.11 Å². The van der Waals surface area contributed by atoms with Gasteiger partial charge in [-0.1, -0.05) is 147 Å². The van der Waals surface area contributed by atoms with Crippen LogP contribution < -0.4 is 0 Å². The summed E-state index contributed by atoms with van der Waals surface area (Å²) in [6.45, 7) is 4.03. The number of phenolic OH excluding ortho intramolecular Hbond substituents is 1. The molecular formula is C38H60O3.